The van der Waals surface area contributed by atoms with Gasteiger partial charge in [-0.05, 0) is 25.8 Å². The Morgan fingerprint density at radius 3 is 2.75 bits per heavy atom. The highest BCUT2D eigenvalue weighted by atomic mass is 32.1. The summed E-state index contributed by atoms with van der Waals surface area (Å²) in [4.78, 5) is 42.0. The minimum absolute atomic E-state index is 0.0336. The summed E-state index contributed by atoms with van der Waals surface area (Å²) in [5, 5.41) is 5.11. The summed E-state index contributed by atoms with van der Waals surface area (Å²) in [6.45, 7) is 4.57. The number of hydrogen-bond acceptors (Lipinski definition) is 6. The van der Waals surface area contributed by atoms with Gasteiger partial charge in [0.2, 0.25) is 5.91 Å². The van der Waals surface area contributed by atoms with Crippen molar-refractivity contribution < 1.29 is 19.1 Å². The predicted octanol–water partition coefficient (Wildman–Crippen LogP) is 2.37. The van der Waals surface area contributed by atoms with E-state index in [4.69, 9.17) is 4.74 Å². The molecule has 2 heterocycles. The molecular formula is C20H23N3O4S. The average Bonchev–Trinajstić information content (AvgIpc) is 3.29. The van der Waals surface area contributed by atoms with E-state index >= 15 is 0 Å². The summed E-state index contributed by atoms with van der Waals surface area (Å²) in [5.74, 6) is -0.819. The Bertz CT molecular complexity index is 863. The lowest BCUT2D eigenvalue weighted by molar-refractivity contribution is -0.154. The monoisotopic (exact) mass is 401 g/mol. The van der Waals surface area contributed by atoms with Crippen LogP contribution in [0.1, 0.15) is 36.6 Å². The quantitative estimate of drug-likeness (QED) is 0.720. The number of carbonyl (C=O) groups excluding carboxylic acids is 3. The van der Waals surface area contributed by atoms with Crippen LogP contribution >= 0.6 is 11.3 Å². The highest BCUT2D eigenvalue weighted by Crippen LogP contribution is 2.25. The number of nitrogens with zero attached hydrogens (tertiary/aromatic N) is 2. The highest BCUT2D eigenvalue weighted by Gasteiger charge is 2.25. The Morgan fingerprint density at radius 1 is 1.32 bits per heavy atom. The molecule has 1 aromatic heterocycles. The molecule has 0 radical (unpaired) electrons. The first-order valence-electron chi connectivity index (χ1n) is 9.20. The Labute approximate surface area is 167 Å². The zero-order chi connectivity index (χ0) is 20.1. The lowest BCUT2D eigenvalue weighted by atomic mass is 10.1. The van der Waals surface area contributed by atoms with Crippen LogP contribution in [0.4, 0.5) is 5.13 Å². The molecular weight excluding hydrogens is 378 g/mol. The van der Waals surface area contributed by atoms with Crippen LogP contribution in [0.5, 0.6) is 0 Å². The summed E-state index contributed by atoms with van der Waals surface area (Å²) in [5.41, 5.74) is 2.66. The molecule has 28 heavy (non-hydrogen) atoms. The van der Waals surface area contributed by atoms with Crippen molar-refractivity contribution in [3.8, 4) is 0 Å². The number of ether oxygens (including phenoxy) is 1. The molecule has 0 spiro atoms. The van der Waals surface area contributed by atoms with Gasteiger partial charge in [-0.2, -0.15) is 0 Å². The molecule has 3 rings (SSSR count). The summed E-state index contributed by atoms with van der Waals surface area (Å²) < 4.78 is 5.21. The van der Waals surface area contributed by atoms with E-state index in [0.29, 0.717) is 30.3 Å². The number of rotatable bonds is 7. The number of carbonyl (C=O) groups is 3. The molecule has 0 saturated carbocycles. The van der Waals surface area contributed by atoms with E-state index < -0.39 is 12.1 Å². The number of nitrogens with one attached hydrogen (secondary N) is 1. The van der Waals surface area contributed by atoms with E-state index in [-0.39, 0.29) is 18.2 Å². The smallest absolute Gasteiger partial charge is 0.312 e. The number of esters is 1. The van der Waals surface area contributed by atoms with Gasteiger partial charge in [-0.15, -0.1) is 11.3 Å². The standard InChI is InChI=1S/C20H23N3O4S/c1-13-5-7-15(8-6-13)11-21-19(26)14(2)27-18(25)10-16-12-28-20(22-16)23-9-3-4-17(23)24/h5-8,12,14H,3-4,9-11H2,1-2H3,(H,21,26)/t14-/m1/s1. The lowest BCUT2D eigenvalue weighted by Crippen LogP contribution is -2.35. The van der Waals surface area contributed by atoms with Crippen molar-refractivity contribution in [1.82, 2.24) is 10.3 Å². The summed E-state index contributed by atoms with van der Waals surface area (Å²) in [6, 6.07) is 7.83. The number of anilines is 1. The predicted molar refractivity (Wildman–Crippen MR) is 106 cm³/mol. The van der Waals surface area contributed by atoms with E-state index in [9.17, 15) is 14.4 Å². The number of amides is 2. The zero-order valence-electron chi connectivity index (χ0n) is 15.9. The number of aromatic nitrogens is 1. The molecule has 1 aliphatic rings. The van der Waals surface area contributed by atoms with Gasteiger partial charge in [0.25, 0.3) is 5.91 Å². The second kappa shape index (κ2) is 8.97. The van der Waals surface area contributed by atoms with Crippen LogP contribution < -0.4 is 10.2 Å². The molecule has 0 bridgehead atoms. The molecule has 1 N–H and O–H groups in total. The first-order chi connectivity index (χ1) is 13.4. The summed E-state index contributed by atoms with van der Waals surface area (Å²) in [7, 11) is 0. The van der Waals surface area contributed by atoms with Crippen molar-refractivity contribution in [2.45, 2.75) is 45.8 Å². The largest absolute Gasteiger partial charge is 0.452 e. The fourth-order valence-corrected chi connectivity index (χ4v) is 3.70. The molecule has 148 valence electrons. The number of hydrogen-bond donors (Lipinski definition) is 1. The fraction of sp³-hybridized carbons (Fsp3) is 0.400. The Balaban J connectivity index is 1.46. The van der Waals surface area contributed by atoms with Gasteiger partial charge in [-0.1, -0.05) is 29.8 Å². The van der Waals surface area contributed by atoms with E-state index in [1.54, 1.807) is 10.3 Å². The second-order valence-electron chi connectivity index (χ2n) is 6.78. The van der Waals surface area contributed by atoms with Crippen LogP contribution in [0, 0.1) is 6.92 Å². The zero-order valence-corrected chi connectivity index (χ0v) is 16.8. The van der Waals surface area contributed by atoms with Gasteiger partial charge in [0, 0.05) is 24.9 Å². The molecule has 1 saturated heterocycles. The third-order valence-corrected chi connectivity index (χ3v) is 5.35. The van der Waals surface area contributed by atoms with E-state index in [1.807, 2.05) is 31.2 Å². The third kappa shape index (κ3) is 5.16. The van der Waals surface area contributed by atoms with Crippen LogP contribution in [0.2, 0.25) is 0 Å². The second-order valence-corrected chi connectivity index (χ2v) is 7.62. The molecule has 1 atom stereocenters. The van der Waals surface area contributed by atoms with E-state index in [1.165, 1.54) is 18.3 Å². The first kappa shape index (κ1) is 20.0. The maximum absolute atomic E-state index is 12.1. The van der Waals surface area contributed by atoms with Crippen molar-refractivity contribution in [1.29, 1.82) is 0 Å². The van der Waals surface area contributed by atoms with Gasteiger partial charge in [0.05, 0.1) is 12.1 Å². The first-order valence-corrected chi connectivity index (χ1v) is 10.1. The van der Waals surface area contributed by atoms with Gasteiger partial charge in [0.15, 0.2) is 11.2 Å². The SMILES string of the molecule is Cc1ccc(CNC(=O)[C@@H](C)OC(=O)Cc2csc(N3CCCC3=O)n2)cc1. The van der Waals surface area contributed by atoms with Crippen LogP contribution in [0.15, 0.2) is 29.6 Å². The van der Waals surface area contributed by atoms with Gasteiger partial charge in [0.1, 0.15) is 0 Å². The van der Waals surface area contributed by atoms with Crippen LogP contribution in [-0.4, -0.2) is 35.4 Å². The molecule has 1 aliphatic heterocycles. The van der Waals surface area contributed by atoms with Gasteiger partial charge < -0.3 is 10.1 Å². The summed E-state index contributed by atoms with van der Waals surface area (Å²) >= 11 is 1.33. The lowest BCUT2D eigenvalue weighted by Gasteiger charge is -2.13. The van der Waals surface area contributed by atoms with Crippen molar-refractivity contribution in [2.75, 3.05) is 11.4 Å². The van der Waals surface area contributed by atoms with Crippen LogP contribution in [0.25, 0.3) is 0 Å². The van der Waals surface area contributed by atoms with Crippen molar-refractivity contribution >= 4 is 34.3 Å². The van der Waals surface area contributed by atoms with Crippen LogP contribution in [-0.2, 0) is 32.1 Å². The highest BCUT2D eigenvalue weighted by molar-refractivity contribution is 7.14. The van der Waals surface area contributed by atoms with Gasteiger partial charge in [-0.25, -0.2) is 4.98 Å². The third-order valence-electron chi connectivity index (χ3n) is 4.43. The van der Waals surface area contributed by atoms with Crippen molar-refractivity contribution in [2.24, 2.45) is 0 Å². The molecule has 0 aliphatic carbocycles. The minimum Gasteiger partial charge on any atom is -0.452 e. The molecule has 7 nitrogen and oxygen atoms in total. The molecule has 0 unspecified atom stereocenters. The normalized spacial score (nSPS) is 14.8. The number of benzene rings is 1. The maximum Gasteiger partial charge on any atom is 0.312 e. The van der Waals surface area contributed by atoms with Gasteiger partial charge >= 0.3 is 5.97 Å². The fourth-order valence-electron chi connectivity index (χ4n) is 2.83. The Kier molecular flexibility index (Phi) is 6.41. The number of thiazole rings is 1. The Hall–Kier alpha value is -2.74. The summed E-state index contributed by atoms with van der Waals surface area (Å²) in [6.07, 6.45) is 0.432. The van der Waals surface area contributed by atoms with Crippen molar-refractivity contribution in [3.63, 3.8) is 0 Å². The number of aryl methyl sites for hydroxylation is 1. The average molecular weight is 401 g/mol. The van der Waals surface area contributed by atoms with Crippen LogP contribution in [0.3, 0.4) is 0 Å². The van der Waals surface area contributed by atoms with Crippen molar-refractivity contribution in [3.05, 3.63) is 46.5 Å². The molecule has 2 amide bonds. The molecule has 2 aromatic rings. The van der Waals surface area contributed by atoms with Gasteiger partial charge in [-0.3, -0.25) is 19.3 Å². The molecule has 8 heteroatoms. The topological polar surface area (TPSA) is 88.6 Å². The van der Waals surface area contributed by atoms with E-state index in [2.05, 4.69) is 10.3 Å². The molecule has 1 aromatic carbocycles. The van der Waals surface area contributed by atoms with E-state index in [0.717, 1.165) is 17.5 Å². The maximum atomic E-state index is 12.1. The molecule has 1 fully saturated rings. The Morgan fingerprint density at radius 2 is 2.07 bits per heavy atom. The minimum atomic E-state index is -0.892.